The number of benzene rings is 2. The lowest BCUT2D eigenvalue weighted by Crippen LogP contribution is -1.95. The third kappa shape index (κ3) is 1.96. The smallest absolute Gasteiger partial charge is 0.0950 e. The van der Waals surface area contributed by atoms with Crippen molar-refractivity contribution in [2.45, 2.75) is 0 Å². The van der Waals surface area contributed by atoms with Crippen LogP contribution in [0.3, 0.4) is 0 Å². The molecule has 0 amide bonds. The van der Waals surface area contributed by atoms with Crippen molar-refractivity contribution >= 4 is 28.0 Å². The Labute approximate surface area is 104 Å². The molecular weight excluding hydrogens is 224 g/mol. The summed E-state index contributed by atoms with van der Waals surface area (Å²) in [6, 6.07) is 15.5. The Hall–Kier alpha value is -2.62. The van der Waals surface area contributed by atoms with Gasteiger partial charge >= 0.3 is 0 Å². The van der Waals surface area contributed by atoms with Crippen LogP contribution in [-0.4, -0.2) is 10.2 Å². The fraction of sp³-hybridized carbons (Fsp3) is 0. The quantitative estimate of drug-likeness (QED) is 0.671. The van der Waals surface area contributed by atoms with E-state index in [-0.39, 0.29) is 0 Å². The third-order valence-corrected chi connectivity index (χ3v) is 2.71. The van der Waals surface area contributed by atoms with Crippen LogP contribution in [0.5, 0.6) is 0 Å². The summed E-state index contributed by atoms with van der Waals surface area (Å²) in [5, 5.41) is 12.4. The van der Waals surface area contributed by atoms with Crippen molar-refractivity contribution in [3.63, 3.8) is 0 Å². The molecule has 3 aromatic rings. The minimum atomic E-state index is 0.728. The minimum Gasteiger partial charge on any atom is -0.399 e. The van der Waals surface area contributed by atoms with Crippen LogP contribution in [0, 0.1) is 0 Å². The molecule has 0 fully saturated rings. The topological polar surface area (TPSA) is 63.8 Å². The Kier molecular flexibility index (Phi) is 2.53. The molecule has 0 aliphatic heterocycles. The molecule has 0 saturated carbocycles. The first-order valence-corrected chi connectivity index (χ1v) is 5.66. The zero-order valence-electron chi connectivity index (χ0n) is 9.67. The highest BCUT2D eigenvalue weighted by Crippen LogP contribution is 2.24. The first kappa shape index (κ1) is 10.5. The predicted octanol–water partition coefficient (Wildman–Crippen LogP) is 2.96. The largest absolute Gasteiger partial charge is 0.399 e. The van der Waals surface area contributed by atoms with Gasteiger partial charge in [-0.25, -0.2) is 0 Å². The number of rotatable bonds is 2. The molecule has 3 rings (SSSR count). The highest BCUT2D eigenvalue weighted by molar-refractivity contribution is 5.92. The zero-order chi connectivity index (χ0) is 12.4. The second-order valence-corrected chi connectivity index (χ2v) is 4.03. The molecular formula is C14H12N4. The number of anilines is 3. The summed E-state index contributed by atoms with van der Waals surface area (Å²) in [6.45, 7) is 0. The summed E-state index contributed by atoms with van der Waals surface area (Å²) < 4.78 is 0. The normalized spacial score (nSPS) is 10.4. The highest BCUT2D eigenvalue weighted by Gasteiger charge is 2.02. The van der Waals surface area contributed by atoms with Gasteiger partial charge in [-0.2, -0.15) is 10.2 Å². The van der Waals surface area contributed by atoms with Gasteiger partial charge in [-0.1, -0.05) is 24.3 Å². The van der Waals surface area contributed by atoms with Crippen molar-refractivity contribution in [3.05, 3.63) is 54.7 Å². The van der Waals surface area contributed by atoms with Crippen molar-refractivity contribution in [3.8, 4) is 0 Å². The van der Waals surface area contributed by atoms with Crippen LogP contribution >= 0.6 is 0 Å². The first-order chi connectivity index (χ1) is 8.83. The Morgan fingerprint density at radius 3 is 2.78 bits per heavy atom. The number of nitrogens with two attached hydrogens (primary N) is 1. The summed E-state index contributed by atoms with van der Waals surface area (Å²) in [4.78, 5) is 0. The van der Waals surface area contributed by atoms with E-state index >= 15 is 0 Å². The summed E-state index contributed by atoms with van der Waals surface area (Å²) >= 11 is 0. The summed E-state index contributed by atoms with van der Waals surface area (Å²) in [5.74, 6) is 0. The second kappa shape index (κ2) is 4.33. The van der Waals surface area contributed by atoms with Gasteiger partial charge in [0.25, 0.3) is 0 Å². The molecule has 0 radical (unpaired) electrons. The molecule has 0 bridgehead atoms. The van der Waals surface area contributed by atoms with Gasteiger partial charge in [-0.05, 0) is 24.3 Å². The number of nitrogen functional groups attached to an aromatic ring is 1. The third-order valence-electron chi connectivity index (χ3n) is 2.71. The van der Waals surface area contributed by atoms with E-state index in [4.69, 9.17) is 5.73 Å². The van der Waals surface area contributed by atoms with Gasteiger partial charge in [0, 0.05) is 16.8 Å². The fourth-order valence-electron chi connectivity index (χ4n) is 1.88. The lowest BCUT2D eigenvalue weighted by atomic mass is 10.2. The summed E-state index contributed by atoms with van der Waals surface area (Å²) in [7, 11) is 0. The van der Waals surface area contributed by atoms with Crippen molar-refractivity contribution in [2.75, 3.05) is 11.1 Å². The molecule has 2 aromatic carbocycles. The Bertz CT molecular complexity index is 689. The first-order valence-electron chi connectivity index (χ1n) is 5.66. The summed E-state index contributed by atoms with van der Waals surface area (Å²) in [6.07, 6.45) is 1.71. The number of fused-ring (bicyclic) bond motifs is 1. The number of nitrogens with one attached hydrogen (secondary N) is 1. The Morgan fingerprint density at radius 2 is 1.89 bits per heavy atom. The lowest BCUT2D eigenvalue weighted by Gasteiger charge is -2.08. The van der Waals surface area contributed by atoms with Crippen LogP contribution in [0.25, 0.3) is 10.9 Å². The number of hydrogen-bond donors (Lipinski definition) is 2. The maximum Gasteiger partial charge on any atom is 0.0950 e. The van der Waals surface area contributed by atoms with Crippen molar-refractivity contribution in [2.24, 2.45) is 0 Å². The van der Waals surface area contributed by atoms with Gasteiger partial charge in [0.1, 0.15) is 0 Å². The minimum absolute atomic E-state index is 0.728. The average Bonchev–Trinajstić information content (AvgIpc) is 2.39. The SMILES string of the molecule is Nc1cccc(Nc2cnnc3ccccc23)c1. The van der Waals surface area contributed by atoms with Crippen LogP contribution in [0.15, 0.2) is 54.7 Å². The average molecular weight is 236 g/mol. The molecule has 0 unspecified atom stereocenters. The van der Waals surface area contributed by atoms with E-state index < -0.39 is 0 Å². The van der Waals surface area contributed by atoms with Crippen LogP contribution in [0.2, 0.25) is 0 Å². The van der Waals surface area contributed by atoms with E-state index in [1.807, 2.05) is 48.5 Å². The molecule has 3 N–H and O–H groups in total. The van der Waals surface area contributed by atoms with E-state index in [2.05, 4.69) is 15.5 Å². The van der Waals surface area contributed by atoms with E-state index in [1.54, 1.807) is 6.20 Å². The molecule has 1 heterocycles. The van der Waals surface area contributed by atoms with Crippen molar-refractivity contribution in [1.29, 1.82) is 0 Å². The predicted molar refractivity (Wildman–Crippen MR) is 73.7 cm³/mol. The molecule has 0 aliphatic carbocycles. The van der Waals surface area contributed by atoms with E-state index in [0.29, 0.717) is 0 Å². The second-order valence-electron chi connectivity index (χ2n) is 4.03. The number of hydrogen-bond acceptors (Lipinski definition) is 4. The van der Waals surface area contributed by atoms with Crippen molar-refractivity contribution in [1.82, 2.24) is 10.2 Å². The van der Waals surface area contributed by atoms with E-state index in [1.165, 1.54) is 0 Å². The van der Waals surface area contributed by atoms with Gasteiger partial charge in [0.2, 0.25) is 0 Å². The molecule has 18 heavy (non-hydrogen) atoms. The highest BCUT2D eigenvalue weighted by atomic mass is 15.1. The Balaban J connectivity index is 2.05. The van der Waals surface area contributed by atoms with Gasteiger partial charge in [0.05, 0.1) is 17.4 Å². The molecule has 4 heteroatoms. The lowest BCUT2D eigenvalue weighted by molar-refractivity contribution is 1.08. The number of nitrogens with zero attached hydrogens (tertiary/aromatic N) is 2. The number of aromatic nitrogens is 2. The van der Waals surface area contributed by atoms with Crippen LogP contribution in [0.4, 0.5) is 17.1 Å². The molecule has 0 atom stereocenters. The van der Waals surface area contributed by atoms with Crippen LogP contribution in [-0.2, 0) is 0 Å². The van der Waals surface area contributed by atoms with Gasteiger partial charge in [0.15, 0.2) is 0 Å². The van der Waals surface area contributed by atoms with Crippen LogP contribution < -0.4 is 11.1 Å². The molecule has 4 nitrogen and oxygen atoms in total. The monoisotopic (exact) mass is 236 g/mol. The maximum absolute atomic E-state index is 5.76. The molecule has 1 aromatic heterocycles. The zero-order valence-corrected chi connectivity index (χ0v) is 9.67. The van der Waals surface area contributed by atoms with Crippen molar-refractivity contribution < 1.29 is 0 Å². The van der Waals surface area contributed by atoms with E-state index in [0.717, 1.165) is 28.0 Å². The fourth-order valence-corrected chi connectivity index (χ4v) is 1.88. The van der Waals surface area contributed by atoms with Gasteiger partial charge < -0.3 is 11.1 Å². The van der Waals surface area contributed by atoms with Gasteiger partial charge in [-0.15, -0.1) is 0 Å². The standard InChI is InChI=1S/C14H12N4/c15-10-4-3-5-11(8-10)17-14-9-16-18-13-7-2-1-6-12(13)14/h1-9H,15H2,(H,17,18). The molecule has 0 aliphatic rings. The van der Waals surface area contributed by atoms with Gasteiger partial charge in [-0.3, -0.25) is 0 Å². The molecule has 88 valence electrons. The molecule has 0 spiro atoms. The van der Waals surface area contributed by atoms with Crippen LogP contribution in [0.1, 0.15) is 0 Å². The van der Waals surface area contributed by atoms with E-state index in [9.17, 15) is 0 Å². The Morgan fingerprint density at radius 1 is 1.00 bits per heavy atom. The molecule has 0 saturated heterocycles. The maximum atomic E-state index is 5.76. The summed E-state index contributed by atoms with van der Waals surface area (Å²) in [5.41, 5.74) is 9.21.